The van der Waals surface area contributed by atoms with Gasteiger partial charge in [0.15, 0.2) is 5.76 Å². The van der Waals surface area contributed by atoms with E-state index in [1.165, 1.54) is 18.4 Å². The molecule has 1 saturated carbocycles. The van der Waals surface area contributed by atoms with Crippen LogP contribution in [-0.2, 0) is 22.9 Å². The van der Waals surface area contributed by atoms with E-state index >= 15 is 0 Å². The Morgan fingerprint density at radius 2 is 1.96 bits per heavy atom. The lowest BCUT2D eigenvalue weighted by molar-refractivity contribution is 0.388. The van der Waals surface area contributed by atoms with Crippen molar-refractivity contribution in [1.82, 2.24) is 19.7 Å². The molecule has 0 amide bonds. The van der Waals surface area contributed by atoms with Crippen molar-refractivity contribution in [2.75, 3.05) is 13.1 Å². The van der Waals surface area contributed by atoms with Crippen molar-refractivity contribution in [2.45, 2.75) is 50.3 Å². The van der Waals surface area contributed by atoms with Crippen LogP contribution < -0.4 is 0 Å². The van der Waals surface area contributed by atoms with Gasteiger partial charge in [-0.1, -0.05) is 5.16 Å². The van der Waals surface area contributed by atoms with Crippen LogP contribution in [0.2, 0.25) is 0 Å². The van der Waals surface area contributed by atoms with Gasteiger partial charge < -0.3 is 4.52 Å². The van der Waals surface area contributed by atoms with Gasteiger partial charge in [-0.2, -0.15) is 9.40 Å². The van der Waals surface area contributed by atoms with Gasteiger partial charge >= 0.3 is 0 Å². The van der Waals surface area contributed by atoms with Gasteiger partial charge in [0.05, 0.1) is 5.69 Å². The lowest BCUT2D eigenvalue weighted by Crippen LogP contribution is -2.34. The summed E-state index contributed by atoms with van der Waals surface area (Å²) in [6.07, 6.45) is 3.76. The summed E-state index contributed by atoms with van der Waals surface area (Å²) in [5.41, 5.74) is 3.88. The Morgan fingerprint density at radius 1 is 1.22 bits per heavy atom. The molecule has 3 heterocycles. The van der Waals surface area contributed by atoms with E-state index < -0.39 is 10.0 Å². The third kappa shape index (κ3) is 2.40. The predicted molar refractivity (Wildman–Crippen MR) is 82.7 cm³/mol. The molecule has 0 atom stereocenters. The van der Waals surface area contributed by atoms with Gasteiger partial charge in [0.2, 0.25) is 10.0 Å². The highest BCUT2D eigenvalue weighted by Crippen LogP contribution is 2.42. The maximum atomic E-state index is 12.9. The molecule has 0 spiro atoms. The summed E-state index contributed by atoms with van der Waals surface area (Å²) in [6, 6.07) is 0. The van der Waals surface area contributed by atoms with Gasteiger partial charge in [-0.15, -0.1) is 0 Å². The largest absolute Gasteiger partial charge is 0.360 e. The van der Waals surface area contributed by atoms with Gasteiger partial charge in [0.1, 0.15) is 10.6 Å². The Kier molecular flexibility index (Phi) is 3.35. The molecule has 1 aliphatic carbocycles. The van der Waals surface area contributed by atoms with Crippen LogP contribution in [0.25, 0.3) is 0 Å². The van der Waals surface area contributed by atoms with E-state index in [-0.39, 0.29) is 4.90 Å². The van der Waals surface area contributed by atoms with Crippen LogP contribution in [-0.4, -0.2) is 41.2 Å². The van der Waals surface area contributed by atoms with Crippen LogP contribution in [0.1, 0.15) is 47.2 Å². The third-order valence-corrected chi connectivity index (χ3v) is 6.88. The number of hydrogen-bond donors (Lipinski definition) is 1. The lowest BCUT2D eigenvalue weighted by Gasteiger charge is -2.19. The third-order valence-electron chi connectivity index (χ3n) is 4.74. The molecule has 7 nitrogen and oxygen atoms in total. The van der Waals surface area contributed by atoms with Crippen LogP contribution >= 0.6 is 0 Å². The zero-order valence-electron chi connectivity index (χ0n) is 13.3. The number of hydrogen-bond acceptors (Lipinski definition) is 5. The molecule has 1 N–H and O–H groups in total. The van der Waals surface area contributed by atoms with Crippen LogP contribution in [0.3, 0.4) is 0 Å². The molecule has 0 aromatic carbocycles. The number of aromatic amines is 1. The van der Waals surface area contributed by atoms with Gasteiger partial charge in [0, 0.05) is 31.1 Å². The van der Waals surface area contributed by atoms with E-state index in [0.717, 1.165) is 11.4 Å². The summed E-state index contributed by atoms with van der Waals surface area (Å²) in [5, 5.41) is 11.3. The molecule has 1 aliphatic heterocycles. The van der Waals surface area contributed by atoms with E-state index in [9.17, 15) is 8.42 Å². The first-order valence-corrected chi connectivity index (χ1v) is 9.41. The highest BCUT2D eigenvalue weighted by Gasteiger charge is 2.35. The highest BCUT2D eigenvalue weighted by atomic mass is 32.2. The number of aryl methyl sites for hydroxylation is 2. The van der Waals surface area contributed by atoms with Crippen molar-refractivity contribution in [3.8, 4) is 0 Å². The van der Waals surface area contributed by atoms with Crippen LogP contribution in [0.4, 0.5) is 0 Å². The minimum atomic E-state index is -3.57. The zero-order valence-corrected chi connectivity index (χ0v) is 14.1. The number of sulfonamides is 1. The molecule has 4 rings (SSSR count). The van der Waals surface area contributed by atoms with Crippen LogP contribution in [0, 0.1) is 13.8 Å². The maximum Gasteiger partial charge on any atom is 0.248 e. The molecule has 2 aliphatic rings. The van der Waals surface area contributed by atoms with E-state index in [4.69, 9.17) is 4.52 Å². The zero-order chi connectivity index (χ0) is 16.2. The van der Waals surface area contributed by atoms with Crippen molar-refractivity contribution >= 4 is 10.0 Å². The maximum absolute atomic E-state index is 12.9. The molecular weight excluding hydrogens is 316 g/mol. The fourth-order valence-corrected chi connectivity index (χ4v) is 5.13. The van der Waals surface area contributed by atoms with Gasteiger partial charge in [-0.05, 0) is 38.7 Å². The molecule has 8 heteroatoms. The van der Waals surface area contributed by atoms with Crippen LogP contribution in [0.5, 0.6) is 0 Å². The molecule has 0 radical (unpaired) electrons. The molecular formula is C15H20N4O3S. The monoisotopic (exact) mass is 336 g/mol. The number of nitrogens with zero attached hydrogens (tertiary/aromatic N) is 3. The Bertz CT molecular complexity index is 829. The molecule has 0 saturated heterocycles. The Hall–Kier alpha value is -1.67. The van der Waals surface area contributed by atoms with Crippen LogP contribution in [0.15, 0.2) is 9.42 Å². The molecule has 2 aromatic heterocycles. The minimum Gasteiger partial charge on any atom is -0.360 e. The number of fused-ring (bicyclic) bond motifs is 1. The Morgan fingerprint density at radius 3 is 2.61 bits per heavy atom. The number of nitrogens with one attached hydrogen (secondary N) is 1. The topological polar surface area (TPSA) is 92.1 Å². The molecule has 1 fully saturated rings. The minimum absolute atomic E-state index is 0.212. The fourth-order valence-electron chi connectivity index (χ4n) is 3.39. The van der Waals surface area contributed by atoms with Gasteiger partial charge in [-0.3, -0.25) is 5.10 Å². The fraction of sp³-hybridized carbons (Fsp3) is 0.600. The first-order valence-electron chi connectivity index (χ1n) is 7.97. The summed E-state index contributed by atoms with van der Waals surface area (Å²) < 4.78 is 32.5. The lowest BCUT2D eigenvalue weighted by atomic mass is 10.1. The average Bonchev–Trinajstić information content (AvgIpc) is 3.23. The standard InChI is InChI=1S/C15H20N4O3S/c1-9-15(10(2)22-18-9)23(20,21)19-7-5-12-13(6-8-19)16-17-14(12)11-3-4-11/h11H,3-8H2,1-2H3,(H,16,17). The molecule has 0 unspecified atom stereocenters. The molecule has 0 bridgehead atoms. The Balaban J connectivity index is 1.63. The van der Waals surface area contributed by atoms with Crippen molar-refractivity contribution in [3.63, 3.8) is 0 Å². The number of rotatable bonds is 3. The second kappa shape index (κ2) is 5.17. The van der Waals surface area contributed by atoms with Crippen molar-refractivity contribution in [1.29, 1.82) is 0 Å². The quantitative estimate of drug-likeness (QED) is 0.920. The van der Waals surface area contributed by atoms with Crippen molar-refractivity contribution < 1.29 is 12.9 Å². The first-order chi connectivity index (χ1) is 11.0. The molecule has 2 aromatic rings. The Labute approximate surface area is 135 Å². The normalized spacial score (nSPS) is 19.6. The number of aromatic nitrogens is 3. The summed E-state index contributed by atoms with van der Waals surface area (Å²) in [7, 11) is -3.57. The van der Waals surface area contributed by atoms with Gasteiger partial charge in [0.25, 0.3) is 0 Å². The summed E-state index contributed by atoms with van der Waals surface area (Å²) in [5.74, 6) is 0.923. The predicted octanol–water partition coefficient (Wildman–Crippen LogP) is 1.68. The van der Waals surface area contributed by atoms with E-state index in [0.29, 0.717) is 43.3 Å². The average molecular weight is 336 g/mol. The summed E-state index contributed by atoms with van der Waals surface area (Å²) in [6.45, 7) is 4.23. The summed E-state index contributed by atoms with van der Waals surface area (Å²) in [4.78, 5) is 0.212. The summed E-state index contributed by atoms with van der Waals surface area (Å²) >= 11 is 0. The second-order valence-corrected chi connectivity index (χ2v) is 8.27. The molecule has 124 valence electrons. The smallest absolute Gasteiger partial charge is 0.248 e. The molecule has 23 heavy (non-hydrogen) atoms. The van der Waals surface area contributed by atoms with Gasteiger partial charge in [-0.25, -0.2) is 8.42 Å². The van der Waals surface area contributed by atoms with E-state index in [1.807, 2.05) is 0 Å². The van der Waals surface area contributed by atoms with Crippen molar-refractivity contribution in [3.05, 3.63) is 28.4 Å². The second-order valence-electron chi connectivity index (χ2n) is 6.40. The SMILES string of the molecule is Cc1noc(C)c1S(=O)(=O)N1CCc2[nH]nc(C3CC3)c2CC1. The van der Waals surface area contributed by atoms with Crippen molar-refractivity contribution in [2.24, 2.45) is 0 Å². The van der Waals surface area contributed by atoms with E-state index in [2.05, 4.69) is 15.4 Å². The first kappa shape index (κ1) is 14.9. The number of H-pyrrole nitrogens is 1. The van der Waals surface area contributed by atoms with E-state index in [1.54, 1.807) is 18.2 Å². The highest BCUT2D eigenvalue weighted by molar-refractivity contribution is 7.89.